The number of aromatic nitrogens is 18. The van der Waals surface area contributed by atoms with Crippen LogP contribution in [0, 0.1) is 83.1 Å². The number of fused-ring (bicyclic) bond motifs is 12. The van der Waals surface area contributed by atoms with Crippen LogP contribution in [-0.2, 0) is 14.1 Å². The van der Waals surface area contributed by atoms with E-state index in [2.05, 4.69) is 153 Å². The van der Waals surface area contributed by atoms with Gasteiger partial charge in [0.2, 0.25) is 11.6 Å². The Labute approximate surface area is 694 Å². The van der Waals surface area contributed by atoms with E-state index in [0.29, 0.717) is 0 Å². The van der Waals surface area contributed by atoms with Gasteiger partial charge in [-0.3, -0.25) is 28.7 Å². The van der Waals surface area contributed by atoms with Gasteiger partial charge in [0.15, 0.2) is 0 Å². The first-order valence-electron chi connectivity index (χ1n) is 41.7. The summed E-state index contributed by atoms with van der Waals surface area (Å²) in [6.45, 7) is 64.4. The van der Waals surface area contributed by atoms with E-state index in [1.807, 2.05) is 376 Å². The van der Waals surface area contributed by atoms with Crippen molar-refractivity contribution in [2.75, 3.05) is 0 Å². The van der Waals surface area contributed by atoms with Gasteiger partial charge in [-0.2, -0.15) is 0 Å². The van der Waals surface area contributed by atoms with Crippen molar-refractivity contribution < 1.29 is 0 Å². The molecule has 0 atom stereocenters. The second-order valence-electron chi connectivity index (χ2n) is 23.3. The summed E-state index contributed by atoms with van der Waals surface area (Å²) < 4.78 is 12.3. The molecule has 620 valence electrons. The van der Waals surface area contributed by atoms with Crippen LogP contribution >= 0.6 is 0 Å². The smallest absolute Gasteiger partial charge is 0.234 e. The Hall–Kier alpha value is -11.9. The topological polar surface area (TPSA) is 182 Å². The van der Waals surface area contributed by atoms with E-state index in [1.54, 1.807) is 12.4 Å². The van der Waals surface area contributed by atoms with Crippen molar-refractivity contribution in [3.05, 3.63) is 288 Å². The molecule has 0 aliphatic carbocycles. The molecule has 18 aromatic rings. The summed E-state index contributed by atoms with van der Waals surface area (Å²) >= 11 is 0. The highest BCUT2D eigenvalue weighted by atomic mass is 15.1. The molecule has 0 spiro atoms. The van der Waals surface area contributed by atoms with Crippen molar-refractivity contribution in [3.63, 3.8) is 0 Å². The predicted octanol–water partition coefficient (Wildman–Crippen LogP) is 26.8. The van der Waals surface area contributed by atoms with Crippen LogP contribution in [0.2, 0.25) is 0 Å². The van der Waals surface area contributed by atoms with Gasteiger partial charge in [-0.15, -0.1) is 0 Å². The van der Waals surface area contributed by atoms with Gasteiger partial charge in [0.25, 0.3) is 0 Å². The average molecular weight is 1570 g/mol. The van der Waals surface area contributed by atoms with Crippen molar-refractivity contribution in [2.24, 2.45) is 14.1 Å². The van der Waals surface area contributed by atoms with E-state index in [-0.39, 0.29) is 0 Å². The number of rotatable bonds is 0. The van der Waals surface area contributed by atoms with Gasteiger partial charge in [0.1, 0.15) is 22.9 Å². The summed E-state index contributed by atoms with van der Waals surface area (Å²) in [7, 11) is 4.06. The van der Waals surface area contributed by atoms with Crippen LogP contribution in [-0.4, -0.2) is 86.5 Å². The van der Waals surface area contributed by atoms with Crippen molar-refractivity contribution >= 4 is 88.5 Å². The summed E-state index contributed by atoms with van der Waals surface area (Å²) in [4.78, 5) is 52.0. The summed E-state index contributed by atoms with van der Waals surface area (Å²) in [6.07, 6.45) is 16.9. The van der Waals surface area contributed by atoms with Crippen LogP contribution in [0.1, 0.15) is 207 Å². The predicted molar refractivity (Wildman–Crippen MR) is 502 cm³/mol. The van der Waals surface area contributed by atoms with Crippen LogP contribution in [0.3, 0.4) is 0 Å². The fourth-order valence-corrected chi connectivity index (χ4v) is 11.0. The Balaban J connectivity index is 0.000000644. The molecule has 0 aliphatic rings. The Morgan fingerprint density at radius 1 is 0.250 bits per heavy atom. The second kappa shape index (κ2) is 56.3. The molecule has 0 fully saturated rings. The van der Waals surface area contributed by atoms with Crippen LogP contribution in [0.5, 0.6) is 0 Å². The maximum atomic E-state index is 4.54. The van der Waals surface area contributed by atoms with Crippen molar-refractivity contribution in [3.8, 4) is 0 Å². The molecule has 0 saturated carbocycles. The molecular weight excluding hydrogens is 1430 g/mol. The minimum absolute atomic E-state index is 0.780. The van der Waals surface area contributed by atoms with Crippen LogP contribution in [0.4, 0.5) is 0 Å². The molecule has 18 nitrogen and oxygen atoms in total. The molecule has 0 amide bonds. The van der Waals surface area contributed by atoms with E-state index in [0.717, 1.165) is 124 Å². The van der Waals surface area contributed by atoms with Crippen molar-refractivity contribution in [1.82, 2.24) is 86.5 Å². The second-order valence-corrected chi connectivity index (χ2v) is 23.3. The van der Waals surface area contributed by atoms with Crippen LogP contribution in [0.25, 0.3) is 88.5 Å². The molecular formula is C98H138N18. The number of nitrogens with zero attached hydrogens (tertiary/aromatic N) is 18. The molecule has 4 aromatic carbocycles. The third-order valence-corrected chi connectivity index (χ3v) is 17.0. The summed E-state index contributed by atoms with van der Waals surface area (Å²) in [6, 6.07) is 54.7. The summed E-state index contributed by atoms with van der Waals surface area (Å²) in [5.74, 6) is 3.68. The molecule has 0 N–H and O–H groups in total. The first kappa shape index (κ1) is 102. The largest absolute Gasteiger partial charge is 0.331 e. The average Bonchev–Trinajstić information content (AvgIpc) is 1.47. The van der Waals surface area contributed by atoms with Crippen molar-refractivity contribution in [1.29, 1.82) is 0 Å². The molecule has 0 unspecified atom stereocenters. The van der Waals surface area contributed by atoms with Gasteiger partial charge in [0, 0.05) is 120 Å². The maximum Gasteiger partial charge on any atom is 0.234 e. The minimum atomic E-state index is 0.780. The highest BCUT2D eigenvalue weighted by Gasteiger charge is 2.09. The van der Waals surface area contributed by atoms with Gasteiger partial charge in [-0.1, -0.05) is 211 Å². The van der Waals surface area contributed by atoms with E-state index in [1.165, 1.54) is 33.4 Å². The third-order valence-electron chi connectivity index (χ3n) is 17.0. The summed E-state index contributed by atoms with van der Waals surface area (Å²) in [5.41, 5.74) is 21.9. The molecule has 18 heteroatoms. The first-order valence-corrected chi connectivity index (χ1v) is 41.7. The van der Waals surface area contributed by atoms with Gasteiger partial charge < -0.3 is 17.9 Å². The van der Waals surface area contributed by atoms with E-state index >= 15 is 0 Å². The quantitative estimate of drug-likeness (QED) is 0.131. The molecule has 0 saturated heterocycles. The summed E-state index contributed by atoms with van der Waals surface area (Å²) in [5, 5.41) is 4.62. The molecule has 14 aromatic heterocycles. The number of benzene rings is 4. The van der Waals surface area contributed by atoms with Crippen LogP contribution in [0.15, 0.2) is 220 Å². The lowest BCUT2D eigenvalue weighted by Gasteiger charge is -2.04. The highest BCUT2D eigenvalue weighted by molar-refractivity contribution is 6.04. The van der Waals surface area contributed by atoms with E-state index in [9.17, 15) is 0 Å². The lowest BCUT2D eigenvalue weighted by atomic mass is 10.1. The molecule has 14 heterocycles. The first-order chi connectivity index (χ1) is 56.4. The molecule has 18 rings (SSSR count). The fourth-order valence-electron chi connectivity index (χ4n) is 11.0. The van der Waals surface area contributed by atoms with E-state index < -0.39 is 0 Å². The molecule has 0 bridgehead atoms. The SMILES string of the molecule is CC.CC.CC.CC.CC.CC.CC.CC.CC.CC.Cc1cc2cccnc2c2ncccc12.Cc1ccc2ccc3cccnc3c2n1.Cc1nc2ccccc2n1C.Cc1nc2ccccc2n1C.Cc1nc2ccccn2c1C.Cc1nc2ccccn2c1C.Cc1nc2ncccn2c1C.Cc1nc2ncccn2c1C. The number of imidazole rings is 6. The minimum Gasteiger partial charge on any atom is -0.331 e. The maximum absolute atomic E-state index is 4.54. The fraction of sp³-hybridized carbons (Fsp3) is 0.347. The zero-order valence-electron chi connectivity index (χ0n) is 76.8. The number of para-hydroxylation sites is 4. The Kier molecular flexibility index (Phi) is 49.6. The Morgan fingerprint density at radius 2 is 0.578 bits per heavy atom. The monoisotopic (exact) mass is 1570 g/mol. The van der Waals surface area contributed by atoms with Gasteiger partial charge in [0.05, 0.1) is 66.9 Å². The standard InChI is InChI=1S/2C13H10N2.4C9H10N2.2C8H9N3.10C2H6/c1-9-8-10-4-2-6-14-12(10)13-11(9)5-3-7-15-13;1-9-4-5-11-7-6-10-3-2-8-14-12(10)13(11)15-9;2*1-7-10-8-5-3-4-6-9(8)11(7)2;2*1-7-8(2)11-6-4-3-5-9(11)10-7;2*1-6-7(2)11-5-3-4-9-8(11)10-6;10*1-2/h2*2-8H,1H3;4*3-6H,1-2H3;2*3-5H,1-2H3;10*1-2H3. The normalized spacial score (nSPS) is 9.47. The Morgan fingerprint density at radius 3 is 0.983 bits per heavy atom. The molecule has 0 radical (unpaired) electrons. The van der Waals surface area contributed by atoms with E-state index in [4.69, 9.17) is 0 Å². The number of hydrogen-bond acceptors (Lipinski definition) is 12. The zero-order valence-corrected chi connectivity index (χ0v) is 76.8. The van der Waals surface area contributed by atoms with Gasteiger partial charge >= 0.3 is 0 Å². The number of pyridine rings is 6. The highest BCUT2D eigenvalue weighted by Crippen LogP contribution is 2.26. The van der Waals surface area contributed by atoms with Crippen LogP contribution < -0.4 is 0 Å². The zero-order chi connectivity index (χ0) is 87.6. The number of hydrogen-bond donors (Lipinski definition) is 0. The van der Waals surface area contributed by atoms with Gasteiger partial charge in [-0.05, 0) is 180 Å². The number of aryl methyl sites for hydroxylation is 14. The molecule has 116 heavy (non-hydrogen) atoms. The third kappa shape index (κ3) is 28.0. The van der Waals surface area contributed by atoms with Gasteiger partial charge in [-0.25, -0.2) is 39.9 Å². The molecule has 0 aliphatic heterocycles. The Bertz CT molecular complexity index is 5090. The van der Waals surface area contributed by atoms with Crippen molar-refractivity contribution in [2.45, 2.75) is 222 Å². The lowest BCUT2D eigenvalue weighted by Crippen LogP contribution is -1.89. The lowest BCUT2D eigenvalue weighted by molar-refractivity contribution is 0.886.